The molecule has 0 aliphatic carbocycles. The van der Waals surface area contributed by atoms with Gasteiger partial charge in [-0.3, -0.25) is 14.4 Å². The Morgan fingerprint density at radius 2 is 1.57 bits per heavy atom. The molecule has 0 aliphatic heterocycles. The van der Waals surface area contributed by atoms with Gasteiger partial charge in [0.25, 0.3) is 11.8 Å². The lowest BCUT2D eigenvalue weighted by Gasteiger charge is -2.09. The summed E-state index contributed by atoms with van der Waals surface area (Å²) in [5.41, 5.74) is 4.97. The first-order valence-electron chi connectivity index (χ1n) is 12.2. The Morgan fingerprint density at radius 3 is 2.19 bits per heavy atom. The van der Waals surface area contributed by atoms with Crippen molar-refractivity contribution in [2.75, 3.05) is 5.32 Å². The number of aromatic hydroxyl groups is 1. The van der Waals surface area contributed by atoms with Gasteiger partial charge in [-0.15, -0.1) is 35.8 Å². The molecule has 0 fully saturated rings. The van der Waals surface area contributed by atoms with Crippen LogP contribution in [0.2, 0.25) is 0 Å². The van der Waals surface area contributed by atoms with Crippen LogP contribution in [0.5, 0.6) is 11.5 Å². The molecule has 0 bridgehead atoms. The summed E-state index contributed by atoms with van der Waals surface area (Å²) < 4.78 is 41.0. The van der Waals surface area contributed by atoms with Gasteiger partial charge in [0, 0.05) is 24.5 Å². The summed E-state index contributed by atoms with van der Waals surface area (Å²) in [6.07, 6.45) is -4.81. The van der Waals surface area contributed by atoms with Gasteiger partial charge in [-0.1, -0.05) is 12.1 Å². The Bertz CT molecular complexity index is 1630. The summed E-state index contributed by atoms with van der Waals surface area (Å²) in [6, 6.07) is 15.1. The molecule has 4 aromatic rings. The molecule has 2 heterocycles. The summed E-state index contributed by atoms with van der Waals surface area (Å²) >= 11 is 2.14. The highest BCUT2D eigenvalue weighted by Crippen LogP contribution is 2.39. The first kappa shape index (κ1) is 30.3. The van der Waals surface area contributed by atoms with E-state index in [1.807, 2.05) is 0 Å². The number of carbonyl (C=O) groups excluding carboxylic acids is 3. The van der Waals surface area contributed by atoms with E-state index in [1.165, 1.54) is 31.2 Å². The maximum absolute atomic E-state index is 12.6. The molecule has 0 radical (unpaired) electrons. The van der Waals surface area contributed by atoms with Crippen LogP contribution in [0, 0.1) is 0 Å². The number of hydrogen-bond donors (Lipinski definition) is 4. The smallest absolute Gasteiger partial charge is 0.506 e. The van der Waals surface area contributed by atoms with Crippen LogP contribution in [0.15, 0.2) is 71.1 Å². The Kier molecular flexibility index (Phi) is 9.28. The molecule has 2 aromatic carbocycles. The molecule has 42 heavy (non-hydrogen) atoms. The van der Waals surface area contributed by atoms with Crippen molar-refractivity contribution >= 4 is 51.8 Å². The number of hydrogen-bond acceptors (Lipinski definition) is 8. The number of alkyl halides is 3. The van der Waals surface area contributed by atoms with Gasteiger partial charge in [0.2, 0.25) is 5.91 Å². The Morgan fingerprint density at radius 1 is 0.929 bits per heavy atom. The van der Waals surface area contributed by atoms with Crippen LogP contribution in [0.4, 0.5) is 18.9 Å². The molecule has 0 atom stereocenters. The van der Waals surface area contributed by atoms with Crippen molar-refractivity contribution < 1.29 is 37.4 Å². The van der Waals surface area contributed by atoms with Gasteiger partial charge in [-0.05, 0) is 66.6 Å². The molecule has 0 spiro atoms. The van der Waals surface area contributed by atoms with Crippen molar-refractivity contribution in [2.45, 2.75) is 26.8 Å². The van der Waals surface area contributed by atoms with Crippen LogP contribution in [0.25, 0.3) is 10.4 Å². The van der Waals surface area contributed by atoms with Crippen LogP contribution in [-0.4, -0.2) is 34.9 Å². The maximum Gasteiger partial charge on any atom is 0.573 e. The Labute approximate surface area is 245 Å². The summed E-state index contributed by atoms with van der Waals surface area (Å²) in [7, 11) is 0. The third-order valence-corrected chi connectivity index (χ3v) is 7.71. The third kappa shape index (κ3) is 7.95. The van der Waals surface area contributed by atoms with E-state index >= 15 is 0 Å². The van der Waals surface area contributed by atoms with Crippen molar-refractivity contribution in [3.63, 3.8) is 0 Å². The Hall–Kier alpha value is -4.69. The SMILES string of the molecule is CC(=O)Nc1ccc(CNC(=O)c2ccc(C(=O)N/N=C(\C)c3csc(-c4ccc(OC(F)(F)F)cc4)c3O)s2)cc1. The number of anilines is 1. The molecule has 4 rings (SSSR count). The lowest BCUT2D eigenvalue weighted by Crippen LogP contribution is -2.22. The quantitative estimate of drug-likeness (QED) is 0.133. The summed E-state index contributed by atoms with van der Waals surface area (Å²) in [5.74, 6) is -1.62. The van der Waals surface area contributed by atoms with Crippen molar-refractivity contribution in [1.29, 1.82) is 0 Å². The van der Waals surface area contributed by atoms with E-state index in [-0.39, 0.29) is 34.7 Å². The molecule has 2 aromatic heterocycles. The van der Waals surface area contributed by atoms with E-state index < -0.39 is 12.3 Å². The topological polar surface area (TPSA) is 129 Å². The van der Waals surface area contributed by atoms with Crippen molar-refractivity contribution in [2.24, 2.45) is 5.10 Å². The van der Waals surface area contributed by atoms with E-state index in [4.69, 9.17) is 0 Å². The van der Waals surface area contributed by atoms with E-state index in [0.29, 0.717) is 32.3 Å². The standard InChI is InChI=1S/C28H23F3N4O5S2/c1-15(21-14-41-25(24(21)37)18-5-9-20(10-6-18)40-28(29,30)31)34-35-27(39)23-12-11-22(42-23)26(38)32-13-17-3-7-19(8-4-17)33-16(2)36/h3-12,14,37H,13H2,1-2H3,(H,32,38)(H,33,36)(H,35,39)/b34-15+. The molecular weight excluding hydrogens is 593 g/mol. The summed E-state index contributed by atoms with van der Waals surface area (Å²) in [4.78, 5) is 37.3. The number of carbonyl (C=O) groups is 3. The highest BCUT2D eigenvalue weighted by atomic mass is 32.1. The number of amides is 3. The minimum Gasteiger partial charge on any atom is -0.506 e. The minimum atomic E-state index is -4.81. The fraction of sp³-hybridized carbons (Fsp3) is 0.143. The number of ether oxygens (including phenoxy) is 1. The number of nitrogens with one attached hydrogen (secondary N) is 3. The van der Waals surface area contributed by atoms with Crippen LogP contribution in [0.1, 0.15) is 44.3 Å². The minimum absolute atomic E-state index is 0.139. The normalized spacial score (nSPS) is 11.6. The van der Waals surface area contributed by atoms with Crippen molar-refractivity contribution in [3.8, 4) is 21.9 Å². The zero-order chi connectivity index (χ0) is 30.4. The highest BCUT2D eigenvalue weighted by Gasteiger charge is 2.31. The van der Waals surface area contributed by atoms with Crippen LogP contribution in [0.3, 0.4) is 0 Å². The fourth-order valence-electron chi connectivity index (χ4n) is 3.63. The van der Waals surface area contributed by atoms with E-state index in [1.54, 1.807) is 36.6 Å². The van der Waals surface area contributed by atoms with Gasteiger partial charge in [-0.25, -0.2) is 5.43 Å². The molecule has 218 valence electrons. The number of hydrazone groups is 1. The zero-order valence-electron chi connectivity index (χ0n) is 22.0. The largest absolute Gasteiger partial charge is 0.573 e. The molecule has 9 nitrogen and oxygen atoms in total. The van der Waals surface area contributed by atoms with Crippen molar-refractivity contribution in [1.82, 2.24) is 10.7 Å². The molecule has 0 saturated heterocycles. The Balaban J connectivity index is 1.34. The van der Waals surface area contributed by atoms with Gasteiger partial charge in [-0.2, -0.15) is 5.10 Å². The average molecular weight is 617 g/mol. The molecule has 0 saturated carbocycles. The predicted molar refractivity (Wildman–Crippen MR) is 154 cm³/mol. The number of halogens is 3. The van der Waals surface area contributed by atoms with E-state index in [9.17, 15) is 32.7 Å². The predicted octanol–water partition coefficient (Wildman–Crippen LogP) is 6.12. The molecule has 0 aliphatic rings. The lowest BCUT2D eigenvalue weighted by atomic mass is 10.1. The van der Waals surface area contributed by atoms with Crippen LogP contribution in [-0.2, 0) is 11.3 Å². The van der Waals surface area contributed by atoms with Gasteiger partial charge < -0.3 is 20.5 Å². The van der Waals surface area contributed by atoms with Gasteiger partial charge in [0.15, 0.2) is 0 Å². The van der Waals surface area contributed by atoms with E-state index in [2.05, 4.69) is 25.9 Å². The van der Waals surface area contributed by atoms with Gasteiger partial charge >= 0.3 is 6.36 Å². The van der Waals surface area contributed by atoms with Crippen LogP contribution < -0.4 is 20.8 Å². The highest BCUT2D eigenvalue weighted by molar-refractivity contribution is 7.16. The second-order valence-corrected chi connectivity index (χ2v) is 10.7. The third-order valence-electron chi connectivity index (χ3n) is 5.61. The van der Waals surface area contributed by atoms with Gasteiger partial charge in [0.05, 0.1) is 25.9 Å². The molecule has 4 N–H and O–H groups in total. The lowest BCUT2D eigenvalue weighted by molar-refractivity contribution is -0.274. The number of thiophene rings is 2. The average Bonchev–Trinajstić information content (AvgIpc) is 3.58. The first-order valence-corrected chi connectivity index (χ1v) is 13.9. The maximum atomic E-state index is 12.6. The molecular formula is C28H23F3N4O5S2. The van der Waals surface area contributed by atoms with E-state index in [0.717, 1.165) is 40.4 Å². The molecule has 14 heteroatoms. The first-order chi connectivity index (χ1) is 19.9. The number of rotatable bonds is 9. The number of nitrogens with zero attached hydrogens (tertiary/aromatic N) is 1. The van der Waals surface area contributed by atoms with Gasteiger partial charge in [0.1, 0.15) is 11.5 Å². The molecule has 3 amide bonds. The second-order valence-electron chi connectivity index (χ2n) is 8.76. The summed E-state index contributed by atoms with van der Waals surface area (Å²) in [5, 5.41) is 21.8. The zero-order valence-corrected chi connectivity index (χ0v) is 23.7. The number of benzene rings is 2. The monoisotopic (exact) mass is 616 g/mol. The molecule has 0 unspecified atom stereocenters. The fourth-order valence-corrected chi connectivity index (χ4v) is 5.46. The van der Waals surface area contributed by atoms with Crippen LogP contribution >= 0.6 is 22.7 Å². The van der Waals surface area contributed by atoms with Crippen molar-refractivity contribution in [3.05, 3.63) is 86.9 Å². The second kappa shape index (κ2) is 12.9. The summed E-state index contributed by atoms with van der Waals surface area (Å²) in [6.45, 7) is 3.23.